The number of nitrogens with one attached hydrogen (secondary N) is 3. The predicted molar refractivity (Wildman–Crippen MR) is 153 cm³/mol. The van der Waals surface area contributed by atoms with Crippen LogP contribution in [0.2, 0.25) is 0 Å². The molecule has 1 aliphatic carbocycles. The van der Waals surface area contributed by atoms with E-state index in [2.05, 4.69) is 22.2 Å². The van der Waals surface area contributed by atoms with Crippen LogP contribution in [0.3, 0.4) is 0 Å². The molecule has 0 bridgehead atoms. The zero-order valence-corrected chi connectivity index (χ0v) is 23.1. The summed E-state index contributed by atoms with van der Waals surface area (Å²) in [6.45, 7) is 6.22. The van der Waals surface area contributed by atoms with Crippen molar-refractivity contribution in [2.24, 2.45) is 11.7 Å². The van der Waals surface area contributed by atoms with Crippen molar-refractivity contribution in [3.8, 4) is 11.5 Å². The molecule has 0 spiro atoms. The van der Waals surface area contributed by atoms with E-state index >= 15 is 0 Å². The van der Waals surface area contributed by atoms with Crippen LogP contribution in [0.1, 0.15) is 52.2 Å². The van der Waals surface area contributed by atoms with Crippen LogP contribution in [0.25, 0.3) is 0 Å². The average Bonchev–Trinajstić information content (AvgIpc) is 2.95. The van der Waals surface area contributed by atoms with Crippen molar-refractivity contribution in [2.75, 3.05) is 12.4 Å². The summed E-state index contributed by atoms with van der Waals surface area (Å²) in [5.41, 5.74) is 10.2. The first-order valence-electron chi connectivity index (χ1n) is 13.5. The number of hydrogen-bond donors (Lipinski definition) is 3. The topological polar surface area (TPSA) is 134 Å². The third-order valence-corrected chi connectivity index (χ3v) is 7.48. The number of rotatable bonds is 8. The van der Waals surface area contributed by atoms with E-state index in [1.54, 1.807) is 43.6 Å². The van der Waals surface area contributed by atoms with Gasteiger partial charge in [0.25, 0.3) is 11.7 Å². The van der Waals surface area contributed by atoms with Crippen molar-refractivity contribution in [3.05, 3.63) is 107 Å². The van der Waals surface area contributed by atoms with Gasteiger partial charge >= 0.3 is 5.91 Å². The van der Waals surface area contributed by atoms with Gasteiger partial charge in [-0.3, -0.25) is 9.59 Å². The Bertz CT molecular complexity index is 1580. The summed E-state index contributed by atoms with van der Waals surface area (Å²) in [6, 6.07) is 16.1. The number of ether oxygens (including phenoxy) is 2. The highest BCUT2D eigenvalue weighted by molar-refractivity contribution is 6.02. The molecule has 1 aromatic heterocycles. The molecule has 2 amide bonds. The molecule has 0 saturated carbocycles. The van der Waals surface area contributed by atoms with Crippen LogP contribution >= 0.6 is 0 Å². The van der Waals surface area contributed by atoms with E-state index in [9.17, 15) is 14.4 Å². The quantitative estimate of drug-likeness (QED) is 0.387. The maximum absolute atomic E-state index is 13.8. The fourth-order valence-electron chi connectivity index (χ4n) is 5.58. The lowest BCUT2D eigenvalue weighted by Crippen LogP contribution is -2.43. The summed E-state index contributed by atoms with van der Waals surface area (Å²) >= 11 is 0. The van der Waals surface area contributed by atoms with Gasteiger partial charge in [0, 0.05) is 40.9 Å². The molecule has 5 rings (SSSR count). The molecule has 41 heavy (non-hydrogen) atoms. The fraction of sp³-hybridized carbons (Fsp3) is 0.250. The SMILES string of the molecule is C=C1NC2=C(C(=O)CCC2)C(c2ccc(OC)c(COc3ccccc3C(N)=O)c2)C1C(=O)Nc1cc(C)cc[nH+]1. The van der Waals surface area contributed by atoms with Gasteiger partial charge in [0.1, 0.15) is 24.0 Å². The van der Waals surface area contributed by atoms with Crippen LogP contribution < -0.4 is 30.8 Å². The van der Waals surface area contributed by atoms with Crippen molar-refractivity contribution in [3.63, 3.8) is 0 Å². The number of para-hydroxylation sites is 1. The lowest BCUT2D eigenvalue weighted by molar-refractivity contribution is -0.360. The third-order valence-electron chi connectivity index (χ3n) is 7.48. The minimum absolute atomic E-state index is 0.0140. The number of hydrogen-bond acceptors (Lipinski definition) is 6. The van der Waals surface area contributed by atoms with E-state index in [0.717, 1.165) is 23.2 Å². The van der Waals surface area contributed by atoms with Gasteiger partial charge in [-0.05, 0) is 61.2 Å². The van der Waals surface area contributed by atoms with E-state index in [4.69, 9.17) is 15.2 Å². The fourth-order valence-corrected chi connectivity index (χ4v) is 5.58. The molecule has 2 aliphatic rings. The Labute approximate surface area is 238 Å². The zero-order valence-electron chi connectivity index (χ0n) is 23.1. The number of primary amides is 1. The van der Waals surface area contributed by atoms with Gasteiger partial charge < -0.3 is 20.5 Å². The molecule has 0 saturated heterocycles. The van der Waals surface area contributed by atoms with Gasteiger partial charge in [-0.2, -0.15) is 0 Å². The first-order chi connectivity index (χ1) is 19.8. The lowest BCUT2D eigenvalue weighted by atomic mass is 9.71. The number of aromatic amines is 1. The van der Waals surface area contributed by atoms with Crippen molar-refractivity contribution in [1.29, 1.82) is 0 Å². The lowest BCUT2D eigenvalue weighted by Gasteiger charge is -2.37. The molecule has 2 aromatic carbocycles. The number of ketones is 1. The Morgan fingerprint density at radius 1 is 1.12 bits per heavy atom. The van der Waals surface area contributed by atoms with E-state index in [-0.39, 0.29) is 23.9 Å². The van der Waals surface area contributed by atoms with Gasteiger partial charge in [0.05, 0.1) is 18.9 Å². The number of methoxy groups -OCH3 is 1. The summed E-state index contributed by atoms with van der Waals surface area (Å²) in [7, 11) is 1.56. The summed E-state index contributed by atoms with van der Waals surface area (Å²) in [5, 5.41) is 6.25. The minimum atomic E-state index is -0.762. The minimum Gasteiger partial charge on any atom is -0.496 e. The molecule has 3 aromatic rings. The molecule has 210 valence electrons. The number of aromatic nitrogens is 1. The third kappa shape index (κ3) is 5.70. The van der Waals surface area contributed by atoms with E-state index in [1.165, 1.54) is 0 Å². The number of carbonyl (C=O) groups is 3. The first-order valence-corrected chi connectivity index (χ1v) is 13.5. The van der Waals surface area contributed by atoms with Gasteiger partial charge in [-0.15, -0.1) is 0 Å². The average molecular weight is 554 g/mol. The molecule has 0 fully saturated rings. The van der Waals surface area contributed by atoms with Crippen LogP contribution in [-0.2, 0) is 16.2 Å². The number of Topliss-reactive ketones (excluding diaryl/α,β-unsaturated/α-hetero) is 1. The Kier molecular flexibility index (Phi) is 7.87. The molecule has 2 atom stereocenters. The summed E-state index contributed by atoms with van der Waals surface area (Å²) in [5.74, 6) is -0.734. The van der Waals surface area contributed by atoms with Crippen molar-refractivity contribution >= 4 is 23.4 Å². The first kappa shape index (κ1) is 27.6. The number of allylic oxidation sites excluding steroid dienone is 2. The van der Waals surface area contributed by atoms with Crippen LogP contribution in [0.4, 0.5) is 5.82 Å². The largest absolute Gasteiger partial charge is 0.496 e. The van der Waals surface area contributed by atoms with Crippen molar-refractivity contribution in [2.45, 2.75) is 38.7 Å². The normalized spacial score (nSPS) is 18.3. The van der Waals surface area contributed by atoms with Gasteiger partial charge in [0.2, 0.25) is 0 Å². The number of pyridine rings is 1. The van der Waals surface area contributed by atoms with Crippen LogP contribution in [0.15, 0.2) is 84.3 Å². The van der Waals surface area contributed by atoms with Crippen LogP contribution in [0.5, 0.6) is 11.5 Å². The van der Waals surface area contributed by atoms with Crippen LogP contribution in [0, 0.1) is 12.8 Å². The van der Waals surface area contributed by atoms with E-state index in [1.807, 2.05) is 31.2 Å². The molecule has 5 N–H and O–H groups in total. The molecule has 2 unspecified atom stereocenters. The smallest absolute Gasteiger partial charge is 0.317 e. The summed E-state index contributed by atoms with van der Waals surface area (Å²) < 4.78 is 11.6. The highest BCUT2D eigenvalue weighted by atomic mass is 16.5. The predicted octanol–water partition coefficient (Wildman–Crippen LogP) is 3.96. The molecular formula is C32H33N4O5+. The van der Waals surface area contributed by atoms with E-state index in [0.29, 0.717) is 47.0 Å². The standard InChI is InChI=1S/C32H32N4O5/c1-18-13-14-34-27(15-18)36-32(39)28-19(2)35-23-8-6-9-24(37)30(23)29(28)20-11-12-25(40-3)21(16-20)17-41-26-10-5-4-7-22(26)31(33)38/h4-5,7,10-16,28-29,35H,2,6,8-9,17H2,1,3H3,(H2,33,38)(H,34,36,39)/p+1. The Hall–Kier alpha value is -4.92. The number of anilines is 1. The zero-order chi connectivity index (χ0) is 29.1. The molecule has 2 heterocycles. The Morgan fingerprint density at radius 2 is 1.93 bits per heavy atom. The summed E-state index contributed by atoms with van der Waals surface area (Å²) in [4.78, 5) is 42.1. The monoisotopic (exact) mass is 553 g/mol. The van der Waals surface area contributed by atoms with Gasteiger partial charge in [-0.1, -0.05) is 24.8 Å². The number of benzene rings is 2. The maximum Gasteiger partial charge on any atom is 0.317 e. The number of nitrogens with two attached hydrogens (primary N) is 1. The van der Waals surface area contributed by atoms with Gasteiger partial charge in [0.15, 0.2) is 5.78 Å². The highest BCUT2D eigenvalue weighted by Gasteiger charge is 2.45. The summed E-state index contributed by atoms with van der Waals surface area (Å²) in [6.07, 6.45) is 3.61. The van der Waals surface area contributed by atoms with Crippen molar-refractivity contribution < 1.29 is 28.8 Å². The number of aryl methyl sites for hydroxylation is 1. The molecule has 0 radical (unpaired) electrons. The highest BCUT2D eigenvalue weighted by Crippen LogP contribution is 2.45. The molecular weight excluding hydrogens is 520 g/mol. The van der Waals surface area contributed by atoms with E-state index < -0.39 is 17.7 Å². The second kappa shape index (κ2) is 11.7. The van der Waals surface area contributed by atoms with Crippen LogP contribution in [-0.4, -0.2) is 24.7 Å². The molecule has 9 heteroatoms. The maximum atomic E-state index is 13.8. The van der Waals surface area contributed by atoms with Crippen molar-refractivity contribution in [1.82, 2.24) is 5.32 Å². The Morgan fingerprint density at radius 3 is 2.68 bits per heavy atom. The number of H-pyrrole nitrogens is 1. The molecule has 1 aliphatic heterocycles. The molecule has 9 nitrogen and oxygen atoms in total. The number of carbonyl (C=O) groups excluding carboxylic acids is 3. The second-order valence-corrected chi connectivity index (χ2v) is 10.3. The van der Waals surface area contributed by atoms with Gasteiger partial charge in [-0.25, -0.2) is 15.1 Å². The number of amides is 2. The Balaban J connectivity index is 1.54. The second-order valence-electron chi connectivity index (χ2n) is 10.3.